The summed E-state index contributed by atoms with van der Waals surface area (Å²) in [4.78, 5) is 8.97. The number of pyridine rings is 1. The molecule has 4 heteroatoms. The van der Waals surface area contributed by atoms with Crippen LogP contribution in [0.3, 0.4) is 0 Å². The third-order valence-electron chi connectivity index (χ3n) is 4.65. The van der Waals surface area contributed by atoms with E-state index in [4.69, 9.17) is 4.42 Å². The predicted molar refractivity (Wildman–Crippen MR) is 83.0 cm³/mol. The van der Waals surface area contributed by atoms with E-state index in [2.05, 4.69) is 52.4 Å². The van der Waals surface area contributed by atoms with Crippen LogP contribution >= 0.6 is 0 Å². The molecule has 3 aromatic rings. The van der Waals surface area contributed by atoms with Crippen molar-refractivity contribution in [2.75, 3.05) is 11.9 Å². The van der Waals surface area contributed by atoms with E-state index in [1.807, 2.05) is 6.07 Å². The third-order valence-corrected chi connectivity index (χ3v) is 4.65. The Morgan fingerprint density at radius 2 is 2.19 bits per heavy atom. The average Bonchev–Trinajstić information content (AvgIpc) is 3.06. The maximum absolute atomic E-state index is 5.89. The van der Waals surface area contributed by atoms with Gasteiger partial charge in [0.2, 0.25) is 5.71 Å². The third kappa shape index (κ3) is 1.42. The van der Waals surface area contributed by atoms with Crippen LogP contribution < -0.4 is 4.90 Å². The van der Waals surface area contributed by atoms with E-state index >= 15 is 0 Å². The van der Waals surface area contributed by atoms with Gasteiger partial charge in [0.05, 0.1) is 0 Å². The summed E-state index contributed by atoms with van der Waals surface area (Å²) in [5.74, 6) is 0. The summed E-state index contributed by atoms with van der Waals surface area (Å²) in [6, 6.07) is 8.48. The van der Waals surface area contributed by atoms with Gasteiger partial charge in [-0.2, -0.15) is 0 Å². The first-order valence-corrected chi connectivity index (χ1v) is 7.30. The fourth-order valence-electron chi connectivity index (χ4n) is 3.57. The SMILES string of the molecule is CN1C=CN2c3cc4c(cc3CCC12)oc1ncccc14. The quantitative estimate of drug-likeness (QED) is 0.630. The van der Waals surface area contributed by atoms with Gasteiger partial charge in [-0.3, -0.25) is 0 Å². The van der Waals surface area contributed by atoms with Crippen molar-refractivity contribution in [3.05, 3.63) is 48.4 Å². The highest BCUT2D eigenvalue weighted by molar-refractivity contribution is 6.05. The van der Waals surface area contributed by atoms with Crippen LogP contribution in [0.25, 0.3) is 22.1 Å². The summed E-state index contributed by atoms with van der Waals surface area (Å²) in [5.41, 5.74) is 4.32. The van der Waals surface area contributed by atoms with Gasteiger partial charge >= 0.3 is 0 Å². The molecule has 0 fully saturated rings. The molecule has 0 amide bonds. The monoisotopic (exact) mass is 277 g/mol. The van der Waals surface area contributed by atoms with Crippen molar-refractivity contribution in [2.45, 2.75) is 19.0 Å². The molecule has 0 aliphatic carbocycles. The smallest absolute Gasteiger partial charge is 0.227 e. The van der Waals surface area contributed by atoms with Crippen molar-refractivity contribution in [1.82, 2.24) is 9.88 Å². The van der Waals surface area contributed by atoms with Crippen molar-refractivity contribution >= 4 is 27.8 Å². The minimum Gasteiger partial charge on any atom is -0.438 e. The Kier molecular flexibility index (Phi) is 2.02. The van der Waals surface area contributed by atoms with Crippen LogP contribution in [-0.2, 0) is 6.42 Å². The molecular weight excluding hydrogens is 262 g/mol. The summed E-state index contributed by atoms with van der Waals surface area (Å²) < 4.78 is 5.89. The molecular formula is C17H15N3O. The molecule has 1 aromatic carbocycles. The molecule has 1 atom stereocenters. The van der Waals surface area contributed by atoms with E-state index in [0.717, 1.165) is 34.9 Å². The second-order valence-electron chi connectivity index (χ2n) is 5.83. The van der Waals surface area contributed by atoms with Crippen molar-refractivity contribution in [3.63, 3.8) is 0 Å². The molecule has 5 rings (SSSR count). The van der Waals surface area contributed by atoms with E-state index in [1.54, 1.807) is 6.20 Å². The first-order valence-electron chi connectivity index (χ1n) is 7.30. The maximum atomic E-state index is 5.89. The number of nitrogens with zero attached hydrogens (tertiary/aromatic N) is 3. The lowest BCUT2D eigenvalue weighted by Crippen LogP contribution is -2.39. The van der Waals surface area contributed by atoms with Crippen LogP contribution in [0, 0.1) is 0 Å². The van der Waals surface area contributed by atoms with Gasteiger partial charge < -0.3 is 14.2 Å². The molecule has 0 spiro atoms. The van der Waals surface area contributed by atoms with Gasteiger partial charge in [-0.25, -0.2) is 4.98 Å². The highest BCUT2D eigenvalue weighted by atomic mass is 16.3. The van der Waals surface area contributed by atoms with Crippen molar-refractivity contribution in [1.29, 1.82) is 0 Å². The van der Waals surface area contributed by atoms with Gasteiger partial charge in [0.25, 0.3) is 0 Å². The molecule has 0 saturated heterocycles. The number of aryl methyl sites for hydroxylation is 1. The average molecular weight is 277 g/mol. The van der Waals surface area contributed by atoms with E-state index in [1.165, 1.54) is 11.3 Å². The Labute approximate surface area is 122 Å². The molecule has 0 radical (unpaired) electrons. The molecule has 104 valence electrons. The number of furan rings is 1. The Hall–Kier alpha value is -2.49. The highest BCUT2D eigenvalue weighted by Crippen LogP contribution is 2.39. The molecule has 4 heterocycles. The summed E-state index contributed by atoms with van der Waals surface area (Å²) in [6.45, 7) is 0. The van der Waals surface area contributed by atoms with Gasteiger partial charge in [-0.15, -0.1) is 0 Å². The Morgan fingerprint density at radius 1 is 1.24 bits per heavy atom. The zero-order valence-corrected chi connectivity index (χ0v) is 11.8. The van der Waals surface area contributed by atoms with Crippen molar-refractivity contribution < 1.29 is 4.42 Å². The molecule has 0 bridgehead atoms. The van der Waals surface area contributed by atoms with Gasteiger partial charge in [0.1, 0.15) is 11.7 Å². The zero-order valence-electron chi connectivity index (χ0n) is 11.8. The second-order valence-corrected chi connectivity index (χ2v) is 5.83. The van der Waals surface area contributed by atoms with Gasteiger partial charge in [0.15, 0.2) is 0 Å². The Morgan fingerprint density at radius 3 is 3.14 bits per heavy atom. The van der Waals surface area contributed by atoms with Crippen LogP contribution in [0.1, 0.15) is 12.0 Å². The number of benzene rings is 1. The van der Waals surface area contributed by atoms with E-state index in [-0.39, 0.29) is 0 Å². The number of fused-ring (bicyclic) bond motifs is 6. The highest BCUT2D eigenvalue weighted by Gasteiger charge is 2.31. The van der Waals surface area contributed by atoms with Gasteiger partial charge in [0, 0.05) is 42.1 Å². The van der Waals surface area contributed by atoms with E-state index in [0.29, 0.717) is 6.17 Å². The topological polar surface area (TPSA) is 32.5 Å². The van der Waals surface area contributed by atoms with Gasteiger partial charge in [-0.1, -0.05) is 0 Å². The molecule has 2 aliphatic heterocycles. The number of hydrogen-bond acceptors (Lipinski definition) is 4. The molecule has 2 aliphatic rings. The van der Waals surface area contributed by atoms with Crippen LogP contribution in [0.5, 0.6) is 0 Å². The van der Waals surface area contributed by atoms with Crippen LogP contribution in [0.4, 0.5) is 5.69 Å². The molecule has 0 saturated carbocycles. The fourth-order valence-corrected chi connectivity index (χ4v) is 3.57. The first kappa shape index (κ1) is 11.2. The lowest BCUT2D eigenvalue weighted by molar-refractivity contribution is 0.332. The van der Waals surface area contributed by atoms with Crippen molar-refractivity contribution in [2.24, 2.45) is 0 Å². The van der Waals surface area contributed by atoms with Crippen molar-refractivity contribution in [3.8, 4) is 0 Å². The summed E-state index contributed by atoms with van der Waals surface area (Å²) in [6.07, 6.45) is 8.78. The molecule has 4 nitrogen and oxygen atoms in total. The molecule has 21 heavy (non-hydrogen) atoms. The van der Waals surface area contributed by atoms with Gasteiger partial charge in [-0.05, 0) is 42.7 Å². The fraction of sp³-hybridized carbons (Fsp3) is 0.235. The lowest BCUT2D eigenvalue weighted by Gasteiger charge is -2.35. The molecule has 1 unspecified atom stereocenters. The van der Waals surface area contributed by atoms with Crippen LogP contribution in [0.2, 0.25) is 0 Å². The second kappa shape index (κ2) is 3.79. The maximum Gasteiger partial charge on any atom is 0.227 e. The largest absolute Gasteiger partial charge is 0.438 e. The zero-order chi connectivity index (χ0) is 14.0. The van der Waals surface area contributed by atoms with E-state index < -0.39 is 0 Å². The standard InChI is InChI=1S/C17H15N3O/c1-19-7-8-20-14-10-13-12-3-2-6-18-17(12)21-15(13)9-11(14)4-5-16(19)20/h2-3,6-10,16H,4-5H2,1H3. The lowest BCUT2D eigenvalue weighted by atomic mass is 9.98. The van der Waals surface area contributed by atoms with E-state index in [9.17, 15) is 0 Å². The normalized spacial score (nSPS) is 20.3. The van der Waals surface area contributed by atoms with Crippen LogP contribution in [-0.4, -0.2) is 23.1 Å². The number of anilines is 1. The predicted octanol–water partition coefficient (Wildman–Crippen LogP) is 3.48. The number of aromatic nitrogens is 1. The summed E-state index contributed by atoms with van der Waals surface area (Å²) in [5, 5.41) is 2.24. The summed E-state index contributed by atoms with van der Waals surface area (Å²) in [7, 11) is 2.14. The van der Waals surface area contributed by atoms with Crippen LogP contribution in [0.15, 0.2) is 47.3 Å². The number of rotatable bonds is 0. The Bertz CT molecular complexity index is 896. The minimum absolute atomic E-state index is 0.450. The number of hydrogen-bond donors (Lipinski definition) is 0. The minimum atomic E-state index is 0.450. The summed E-state index contributed by atoms with van der Waals surface area (Å²) >= 11 is 0. The first-order chi connectivity index (χ1) is 10.3. The molecule has 2 aromatic heterocycles. The molecule has 0 N–H and O–H groups in total. The Balaban J connectivity index is 1.80.